The van der Waals surface area contributed by atoms with Crippen LogP contribution in [-0.2, 0) is 0 Å². The molecule has 0 bridgehead atoms. The van der Waals surface area contributed by atoms with Gasteiger partial charge in [-0.15, -0.1) is 0 Å². The maximum atomic E-state index is 13.4. The lowest BCUT2D eigenvalue weighted by molar-refractivity contribution is 0.147. The zero-order valence-corrected chi connectivity index (χ0v) is 11.3. The highest BCUT2D eigenvalue weighted by Crippen LogP contribution is 2.34. The number of hydrogen-bond donors (Lipinski definition) is 2. The molecular formula is C15H14ClF2NO. The van der Waals surface area contributed by atoms with E-state index in [1.807, 2.05) is 0 Å². The fraction of sp³-hybridized carbons (Fsp3) is 0.200. The van der Waals surface area contributed by atoms with E-state index in [-0.39, 0.29) is 22.9 Å². The molecule has 2 rings (SSSR count). The summed E-state index contributed by atoms with van der Waals surface area (Å²) in [6.07, 6.45) is -1.06. The number of benzene rings is 2. The zero-order valence-electron chi connectivity index (χ0n) is 10.6. The molecule has 0 saturated heterocycles. The molecule has 2 atom stereocenters. The number of aliphatic hydroxyl groups excluding tert-OH is 1. The first kappa shape index (κ1) is 14.9. The highest BCUT2D eigenvalue weighted by Gasteiger charge is 2.24. The first-order valence-corrected chi connectivity index (χ1v) is 6.50. The maximum Gasteiger partial charge on any atom is 0.142 e. The lowest BCUT2D eigenvalue weighted by Crippen LogP contribution is -2.20. The largest absolute Gasteiger partial charge is 0.388 e. The molecule has 0 aliphatic rings. The predicted molar refractivity (Wildman–Crippen MR) is 74.6 cm³/mol. The Morgan fingerprint density at radius 3 is 2.35 bits per heavy atom. The van der Waals surface area contributed by atoms with Crippen molar-refractivity contribution in [1.29, 1.82) is 0 Å². The number of rotatable bonds is 4. The van der Waals surface area contributed by atoms with Crippen LogP contribution in [-0.4, -0.2) is 11.7 Å². The van der Waals surface area contributed by atoms with Crippen molar-refractivity contribution in [2.24, 2.45) is 5.73 Å². The van der Waals surface area contributed by atoms with Gasteiger partial charge in [0.1, 0.15) is 11.6 Å². The van der Waals surface area contributed by atoms with E-state index in [1.54, 1.807) is 18.2 Å². The van der Waals surface area contributed by atoms with E-state index in [9.17, 15) is 13.9 Å². The summed E-state index contributed by atoms with van der Waals surface area (Å²) in [5.74, 6) is -1.46. The third kappa shape index (κ3) is 2.98. The third-order valence-electron chi connectivity index (χ3n) is 3.23. The smallest absolute Gasteiger partial charge is 0.142 e. The second kappa shape index (κ2) is 6.31. The lowest BCUT2D eigenvalue weighted by Gasteiger charge is -2.23. The molecule has 0 aliphatic heterocycles. The quantitative estimate of drug-likeness (QED) is 0.908. The van der Waals surface area contributed by atoms with E-state index < -0.39 is 17.8 Å². The Morgan fingerprint density at radius 1 is 1.10 bits per heavy atom. The van der Waals surface area contributed by atoms with Gasteiger partial charge in [0.05, 0.1) is 11.1 Å². The topological polar surface area (TPSA) is 46.2 Å². The van der Waals surface area contributed by atoms with Crippen molar-refractivity contribution < 1.29 is 13.9 Å². The summed E-state index contributed by atoms with van der Waals surface area (Å²) >= 11 is 5.87. The number of halogens is 3. The fourth-order valence-electron chi connectivity index (χ4n) is 2.12. The molecule has 106 valence electrons. The molecule has 3 N–H and O–H groups in total. The van der Waals surface area contributed by atoms with Crippen LogP contribution in [0.4, 0.5) is 8.78 Å². The monoisotopic (exact) mass is 297 g/mol. The minimum absolute atomic E-state index is 0.124. The summed E-state index contributed by atoms with van der Waals surface area (Å²) in [5, 5.41) is 10.3. The molecule has 0 saturated carbocycles. The number of nitrogens with two attached hydrogens (primary N) is 1. The van der Waals surface area contributed by atoms with Gasteiger partial charge in [0.2, 0.25) is 0 Å². The van der Waals surface area contributed by atoms with Crippen molar-refractivity contribution in [1.82, 2.24) is 0 Å². The third-order valence-corrected chi connectivity index (χ3v) is 3.63. The second-order valence-corrected chi connectivity index (χ2v) is 4.86. The van der Waals surface area contributed by atoms with Crippen molar-refractivity contribution in [3.8, 4) is 0 Å². The van der Waals surface area contributed by atoms with E-state index in [2.05, 4.69) is 0 Å². The van der Waals surface area contributed by atoms with E-state index in [1.165, 1.54) is 24.3 Å². The minimum Gasteiger partial charge on any atom is -0.388 e. The van der Waals surface area contributed by atoms with Crippen LogP contribution in [0, 0.1) is 11.6 Å². The number of aliphatic hydroxyl groups is 1. The van der Waals surface area contributed by atoms with Gasteiger partial charge in [0.15, 0.2) is 0 Å². The van der Waals surface area contributed by atoms with Gasteiger partial charge in [0, 0.05) is 18.0 Å². The molecule has 0 radical (unpaired) electrons. The first-order chi connectivity index (χ1) is 9.54. The fourth-order valence-corrected chi connectivity index (χ4v) is 2.36. The molecular weight excluding hydrogens is 284 g/mol. The molecule has 0 fully saturated rings. The van der Waals surface area contributed by atoms with Gasteiger partial charge in [0.25, 0.3) is 0 Å². The van der Waals surface area contributed by atoms with E-state index in [0.29, 0.717) is 5.56 Å². The van der Waals surface area contributed by atoms with E-state index in [4.69, 9.17) is 17.3 Å². The first-order valence-electron chi connectivity index (χ1n) is 6.12. The van der Waals surface area contributed by atoms with Gasteiger partial charge in [-0.25, -0.2) is 8.78 Å². The average Bonchev–Trinajstić information content (AvgIpc) is 2.44. The molecule has 2 aromatic rings. The van der Waals surface area contributed by atoms with Crippen LogP contribution >= 0.6 is 11.6 Å². The summed E-state index contributed by atoms with van der Waals surface area (Å²) in [6, 6.07) is 9.90. The molecule has 2 nitrogen and oxygen atoms in total. The Labute approximate surface area is 120 Å². The molecule has 20 heavy (non-hydrogen) atoms. The van der Waals surface area contributed by atoms with Crippen LogP contribution in [0.3, 0.4) is 0 Å². The lowest BCUT2D eigenvalue weighted by atomic mass is 9.89. The van der Waals surface area contributed by atoms with Crippen molar-refractivity contribution in [3.63, 3.8) is 0 Å². The van der Waals surface area contributed by atoms with Gasteiger partial charge in [-0.1, -0.05) is 35.9 Å². The van der Waals surface area contributed by atoms with Crippen LogP contribution in [0.2, 0.25) is 5.02 Å². The highest BCUT2D eigenvalue weighted by molar-refractivity contribution is 6.31. The zero-order chi connectivity index (χ0) is 14.7. The van der Waals surface area contributed by atoms with Gasteiger partial charge in [-0.05, 0) is 23.8 Å². The van der Waals surface area contributed by atoms with Gasteiger partial charge >= 0.3 is 0 Å². The molecule has 0 heterocycles. The number of hydrogen-bond acceptors (Lipinski definition) is 2. The summed E-state index contributed by atoms with van der Waals surface area (Å²) in [7, 11) is 0. The minimum atomic E-state index is -1.06. The van der Waals surface area contributed by atoms with Crippen molar-refractivity contribution in [2.75, 3.05) is 6.54 Å². The van der Waals surface area contributed by atoms with Crippen molar-refractivity contribution >= 4 is 11.6 Å². The molecule has 0 spiro atoms. The van der Waals surface area contributed by atoms with Crippen molar-refractivity contribution in [3.05, 3.63) is 70.2 Å². The average molecular weight is 298 g/mol. The Bertz CT molecular complexity index is 589. The van der Waals surface area contributed by atoms with Gasteiger partial charge < -0.3 is 10.8 Å². The summed E-state index contributed by atoms with van der Waals surface area (Å²) in [5.41, 5.74) is 6.62. The molecule has 0 aliphatic carbocycles. The normalized spacial score (nSPS) is 14.1. The maximum absolute atomic E-state index is 13.4. The van der Waals surface area contributed by atoms with Crippen molar-refractivity contribution in [2.45, 2.75) is 12.0 Å². The predicted octanol–water partition coefficient (Wildman–Crippen LogP) is 3.39. The van der Waals surface area contributed by atoms with E-state index in [0.717, 1.165) is 0 Å². The molecule has 0 aromatic heterocycles. The Balaban J connectivity index is 2.36. The van der Waals surface area contributed by atoms with Crippen LogP contribution in [0.25, 0.3) is 0 Å². The summed E-state index contributed by atoms with van der Waals surface area (Å²) in [6.45, 7) is 0.125. The molecule has 2 aromatic carbocycles. The Morgan fingerprint density at radius 2 is 1.75 bits per heavy atom. The summed E-state index contributed by atoms with van der Waals surface area (Å²) in [4.78, 5) is 0. The highest BCUT2D eigenvalue weighted by atomic mass is 35.5. The van der Waals surface area contributed by atoms with Crippen LogP contribution in [0.15, 0.2) is 42.5 Å². The van der Waals surface area contributed by atoms with Crippen LogP contribution in [0.5, 0.6) is 0 Å². The Hall–Kier alpha value is -1.49. The Kier molecular flexibility index (Phi) is 4.70. The summed E-state index contributed by atoms with van der Waals surface area (Å²) < 4.78 is 26.4. The van der Waals surface area contributed by atoms with E-state index >= 15 is 0 Å². The van der Waals surface area contributed by atoms with Gasteiger partial charge in [-0.3, -0.25) is 0 Å². The molecule has 2 unspecified atom stereocenters. The van der Waals surface area contributed by atoms with Crippen LogP contribution in [0.1, 0.15) is 23.1 Å². The second-order valence-electron chi connectivity index (χ2n) is 4.48. The molecule has 5 heteroatoms. The SMILES string of the molecule is NCC(c1ccc(F)cc1)C(O)c1cccc(F)c1Cl. The molecule has 0 amide bonds. The standard InChI is InChI=1S/C15H14ClF2NO/c16-14-11(2-1-3-13(14)18)15(20)12(8-19)9-4-6-10(17)7-5-9/h1-7,12,15,20H,8,19H2. The van der Waals surface area contributed by atoms with Gasteiger partial charge in [-0.2, -0.15) is 0 Å². The van der Waals surface area contributed by atoms with Crippen LogP contribution < -0.4 is 5.73 Å².